The van der Waals surface area contributed by atoms with E-state index in [1.807, 2.05) is 48.6 Å². The zero-order valence-corrected chi connectivity index (χ0v) is 13.6. The third-order valence-corrected chi connectivity index (χ3v) is 7.11. The number of aliphatic hydroxyl groups is 1. The lowest BCUT2D eigenvalue weighted by molar-refractivity contribution is 0.175. The van der Waals surface area contributed by atoms with Gasteiger partial charge in [0.2, 0.25) is 0 Å². The van der Waals surface area contributed by atoms with Crippen molar-refractivity contribution in [2.45, 2.75) is 42.6 Å². The standard InChI is InChI=1S/C15H22O2S2/c1-9-5-6-13(17-4)12(7-9)15(16)14-8-18-10(2)11(3)19-14/h5-7,10-11,14-16H,8H2,1-4H3. The number of aliphatic hydroxyl groups excluding tert-OH is 1. The molecule has 1 aliphatic heterocycles. The van der Waals surface area contributed by atoms with Gasteiger partial charge in [-0.3, -0.25) is 0 Å². The number of methoxy groups -OCH3 is 1. The molecule has 0 radical (unpaired) electrons. The Morgan fingerprint density at radius 3 is 2.68 bits per heavy atom. The Kier molecular flexibility index (Phi) is 5.09. The first-order chi connectivity index (χ1) is 9.02. The Morgan fingerprint density at radius 2 is 2.05 bits per heavy atom. The molecule has 4 heteroatoms. The molecule has 0 aliphatic carbocycles. The Morgan fingerprint density at radius 1 is 1.32 bits per heavy atom. The molecule has 1 saturated heterocycles. The predicted molar refractivity (Wildman–Crippen MR) is 85.5 cm³/mol. The average Bonchev–Trinajstić information content (AvgIpc) is 2.41. The fraction of sp³-hybridized carbons (Fsp3) is 0.600. The Labute approximate surface area is 124 Å². The van der Waals surface area contributed by atoms with E-state index in [9.17, 15) is 5.11 Å². The van der Waals surface area contributed by atoms with E-state index in [1.54, 1.807) is 7.11 Å². The van der Waals surface area contributed by atoms with E-state index in [0.29, 0.717) is 10.5 Å². The van der Waals surface area contributed by atoms with E-state index >= 15 is 0 Å². The summed E-state index contributed by atoms with van der Waals surface area (Å²) in [6.45, 7) is 6.55. The van der Waals surface area contributed by atoms with Gasteiger partial charge in [0.05, 0.1) is 13.2 Å². The molecule has 1 heterocycles. The van der Waals surface area contributed by atoms with Crippen LogP contribution in [0.15, 0.2) is 18.2 Å². The maximum atomic E-state index is 10.7. The molecule has 4 unspecified atom stereocenters. The molecule has 2 nitrogen and oxygen atoms in total. The quantitative estimate of drug-likeness (QED) is 0.922. The molecule has 19 heavy (non-hydrogen) atoms. The van der Waals surface area contributed by atoms with Gasteiger partial charge in [-0.2, -0.15) is 23.5 Å². The molecule has 4 atom stereocenters. The summed E-state index contributed by atoms with van der Waals surface area (Å²) >= 11 is 3.85. The molecule has 0 bridgehead atoms. The van der Waals surface area contributed by atoms with Crippen LogP contribution in [0.25, 0.3) is 0 Å². The SMILES string of the molecule is COc1ccc(C)cc1C(O)C1CSC(C)C(C)S1. The van der Waals surface area contributed by atoms with Crippen LogP contribution < -0.4 is 4.74 Å². The molecule has 1 fully saturated rings. The second kappa shape index (κ2) is 6.42. The van der Waals surface area contributed by atoms with E-state index in [4.69, 9.17) is 4.74 Å². The first-order valence-corrected chi connectivity index (χ1v) is 8.61. The van der Waals surface area contributed by atoms with Crippen molar-refractivity contribution < 1.29 is 9.84 Å². The highest BCUT2D eigenvalue weighted by Gasteiger charge is 2.32. The molecule has 1 aliphatic rings. The van der Waals surface area contributed by atoms with Crippen LogP contribution in [0.1, 0.15) is 31.1 Å². The predicted octanol–water partition coefficient (Wildman–Crippen LogP) is 3.66. The number of aryl methyl sites for hydroxylation is 1. The van der Waals surface area contributed by atoms with Crippen LogP contribution in [0.5, 0.6) is 5.75 Å². The minimum Gasteiger partial charge on any atom is -0.496 e. The van der Waals surface area contributed by atoms with Crippen molar-refractivity contribution in [3.05, 3.63) is 29.3 Å². The average molecular weight is 298 g/mol. The zero-order valence-electron chi connectivity index (χ0n) is 11.9. The Hall–Kier alpha value is -0.320. The molecule has 0 aromatic heterocycles. The van der Waals surface area contributed by atoms with Crippen molar-refractivity contribution in [3.63, 3.8) is 0 Å². The lowest BCUT2D eigenvalue weighted by Crippen LogP contribution is -2.30. The van der Waals surface area contributed by atoms with E-state index in [0.717, 1.165) is 22.6 Å². The molecule has 0 saturated carbocycles. The van der Waals surface area contributed by atoms with Gasteiger partial charge in [-0.25, -0.2) is 0 Å². The van der Waals surface area contributed by atoms with Crippen LogP contribution in [0.4, 0.5) is 0 Å². The van der Waals surface area contributed by atoms with Gasteiger partial charge >= 0.3 is 0 Å². The Bertz CT molecular complexity index is 436. The van der Waals surface area contributed by atoms with E-state index < -0.39 is 6.10 Å². The van der Waals surface area contributed by atoms with Gasteiger partial charge < -0.3 is 9.84 Å². The maximum absolute atomic E-state index is 10.7. The van der Waals surface area contributed by atoms with Gasteiger partial charge in [-0.15, -0.1) is 0 Å². The van der Waals surface area contributed by atoms with Crippen LogP contribution in [0.3, 0.4) is 0 Å². The van der Waals surface area contributed by atoms with Crippen molar-refractivity contribution in [3.8, 4) is 5.75 Å². The summed E-state index contributed by atoms with van der Waals surface area (Å²) in [5.41, 5.74) is 2.08. The van der Waals surface area contributed by atoms with E-state index in [2.05, 4.69) is 13.8 Å². The maximum Gasteiger partial charge on any atom is 0.124 e. The van der Waals surface area contributed by atoms with E-state index in [-0.39, 0.29) is 5.25 Å². The summed E-state index contributed by atoms with van der Waals surface area (Å²) in [4.78, 5) is 0. The van der Waals surface area contributed by atoms with Gasteiger partial charge in [-0.05, 0) is 19.1 Å². The summed E-state index contributed by atoms with van der Waals surface area (Å²) in [5.74, 6) is 1.78. The molecular weight excluding hydrogens is 276 g/mol. The van der Waals surface area contributed by atoms with Gasteiger partial charge in [0, 0.05) is 27.1 Å². The van der Waals surface area contributed by atoms with Gasteiger partial charge in [-0.1, -0.05) is 25.5 Å². The molecule has 1 aromatic rings. The van der Waals surface area contributed by atoms with Crippen molar-refractivity contribution in [2.75, 3.05) is 12.9 Å². The van der Waals surface area contributed by atoms with Gasteiger partial charge in [0.15, 0.2) is 0 Å². The number of rotatable bonds is 3. The molecule has 0 amide bonds. The molecule has 2 rings (SSSR count). The van der Waals surface area contributed by atoms with Crippen LogP contribution in [0, 0.1) is 6.92 Å². The first kappa shape index (κ1) is 15.1. The number of thioether (sulfide) groups is 2. The summed E-state index contributed by atoms with van der Waals surface area (Å²) < 4.78 is 5.38. The van der Waals surface area contributed by atoms with E-state index in [1.165, 1.54) is 0 Å². The molecule has 1 N–H and O–H groups in total. The largest absolute Gasteiger partial charge is 0.496 e. The van der Waals surface area contributed by atoms with Crippen molar-refractivity contribution in [1.29, 1.82) is 0 Å². The van der Waals surface area contributed by atoms with Crippen molar-refractivity contribution >= 4 is 23.5 Å². The lowest BCUT2D eigenvalue weighted by Gasteiger charge is -2.34. The minimum atomic E-state index is -0.456. The summed E-state index contributed by atoms with van der Waals surface area (Å²) in [6.07, 6.45) is -0.456. The second-order valence-electron chi connectivity index (χ2n) is 5.11. The highest BCUT2D eigenvalue weighted by Crippen LogP contribution is 2.42. The van der Waals surface area contributed by atoms with Crippen LogP contribution in [0.2, 0.25) is 0 Å². The molecule has 106 valence electrons. The summed E-state index contributed by atoms with van der Waals surface area (Å²) in [5, 5.41) is 12.2. The highest BCUT2D eigenvalue weighted by molar-refractivity contribution is 8.07. The normalized spacial score (nSPS) is 29.0. The monoisotopic (exact) mass is 298 g/mol. The first-order valence-electron chi connectivity index (χ1n) is 6.62. The lowest BCUT2D eigenvalue weighted by atomic mass is 10.0. The number of hydrogen-bond acceptors (Lipinski definition) is 4. The molecule has 1 aromatic carbocycles. The van der Waals surface area contributed by atoms with Crippen LogP contribution in [-0.4, -0.2) is 33.7 Å². The topological polar surface area (TPSA) is 29.5 Å². The van der Waals surface area contributed by atoms with Crippen molar-refractivity contribution in [1.82, 2.24) is 0 Å². The number of benzene rings is 1. The van der Waals surface area contributed by atoms with Crippen LogP contribution in [-0.2, 0) is 0 Å². The third kappa shape index (κ3) is 3.41. The minimum absolute atomic E-state index is 0.242. The smallest absolute Gasteiger partial charge is 0.124 e. The highest BCUT2D eigenvalue weighted by atomic mass is 32.2. The molecular formula is C15H22O2S2. The second-order valence-corrected chi connectivity index (χ2v) is 8.14. The molecule has 0 spiro atoms. The fourth-order valence-corrected chi connectivity index (χ4v) is 5.25. The zero-order chi connectivity index (χ0) is 14.0. The van der Waals surface area contributed by atoms with Gasteiger partial charge in [0.1, 0.15) is 5.75 Å². The fourth-order valence-electron chi connectivity index (χ4n) is 2.26. The van der Waals surface area contributed by atoms with Gasteiger partial charge in [0.25, 0.3) is 0 Å². The number of hydrogen-bond donors (Lipinski definition) is 1. The summed E-state index contributed by atoms with van der Waals surface area (Å²) in [7, 11) is 1.66. The summed E-state index contributed by atoms with van der Waals surface area (Å²) in [6, 6.07) is 6.00. The Balaban J connectivity index is 2.19. The number of ether oxygens (including phenoxy) is 1. The van der Waals surface area contributed by atoms with Crippen molar-refractivity contribution in [2.24, 2.45) is 0 Å². The van der Waals surface area contributed by atoms with Crippen LogP contribution >= 0.6 is 23.5 Å². The third-order valence-electron chi connectivity index (χ3n) is 3.63.